The highest BCUT2D eigenvalue weighted by molar-refractivity contribution is 5.89. The lowest BCUT2D eigenvalue weighted by atomic mass is 9.72. The molecule has 0 bridgehead atoms. The average molecular weight is 358 g/mol. The Morgan fingerprint density at radius 3 is 2.24 bits per heavy atom. The van der Waals surface area contributed by atoms with Gasteiger partial charge >= 0.3 is 12.0 Å². The zero-order valence-electron chi connectivity index (χ0n) is 14.5. The molecule has 0 aromatic heterocycles. The van der Waals surface area contributed by atoms with Crippen molar-refractivity contribution in [3.63, 3.8) is 0 Å². The molecule has 5 nitrogen and oxygen atoms in total. The van der Waals surface area contributed by atoms with E-state index in [1.165, 1.54) is 24.3 Å². The van der Waals surface area contributed by atoms with E-state index >= 15 is 0 Å². The molecule has 0 fully saturated rings. The molecule has 1 aromatic rings. The van der Waals surface area contributed by atoms with E-state index < -0.39 is 34.6 Å². The molecule has 0 aliphatic heterocycles. The van der Waals surface area contributed by atoms with E-state index in [4.69, 9.17) is 0 Å². The lowest BCUT2D eigenvalue weighted by Crippen LogP contribution is -2.54. The van der Waals surface area contributed by atoms with E-state index in [-0.39, 0.29) is 6.42 Å². The normalized spacial score (nSPS) is 12.5. The van der Waals surface area contributed by atoms with Crippen molar-refractivity contribution in [2.24, 2.45) is 5.41 Å². The summed E-state index contributed by atoms with van der Waals surface area (Å²) in [4.78, 5) is 25.7. The number of anilines is 1. The van der Waals surface area contributed by atoms with Crippen molar-refractivity contribution in [3.8, 4) is 0 Å². The molecule has 0 aliphatic carbocycles. The minimum absolute atomic E-state index is 0.0394. The highest BCUT2D eigenvalue weighted by Crippen LogP contribution is 2.35. The maximum Gasteiger partial charge on any atom is 0.407 e. The molecule has 1 aromatic carbocycles. The van der Waals surface area contributed by atoms with Gasteiger partial charge in [-0.1, -0.05) is 13.8 Å². The molecule has 2 N–H and O–H groups in total. The van der Waals surface area contributed by atoms with Crippen LogP contribution in [-0.4, -0.2) is 17.5 Å². The largest absolute Gasteiger partial charge is 0.407 e. The summed E-state index contributed by atoms with van der Waals surface area (Å²) in [6.45, 7) is 6.93. The molecule has 0 saturated heterocycles. The fourth-order valence-corrected chi connectivity index (χ4v) is 1.87. The lowest BCUT2D eigenvalue weighted by Gasteiger charge is -2.41. The molecule has 25 heavy (non-hydrogen) atoms. The number of hydrogen-bond acceptors (Lipinski definition) is 3. The van der Waals surface area contributed by atoms with Crippen LogP contribution in [0.2, 0.25) is 0 Å². The standard InChI is InChI=1S/C17H21F3N2O3/c1-16(2,10-9-13(19)14(23)25-20)17(3,4)22-15(24)21-12-7-5-11(18)6-8-12/h5-9H,10H2,1-4H3,(H2,21,22,24)/b13-9-. The fraction of sp³-hybridized carbons (Fsp3) is 0.412. The smallest absolute Gasteiger partial charge is 0.332 e. The van der Waals surface area contributed by atoms with E-state index in [0.29, 0.717) is 5.69 Å². The molecule has 0 saturated carbocycles. The Kier molecular flexibility index (Phi) is 6.61. The molecular weight excluding hydrogens is 337 g/mol. The zero-order chi connectivity index (χ0) is 19.3. The SMILES string of the molecule is CC(C)(C/C=C(\F)C(=O)OF)C(C)(C)NC(=O)Nc1ccc(F)cc1. The van der Waals surface area contributed by atoms with Gasteiger partial charge in [-0.05, 0) is 56.0 Å². The maximum atomic E-state index is 13.3. The summed E-state index contributed by atoms with van der Waals surface area (Å²) in [5, 5.41) is 5.30. The molecular formula is C17H21F3N2O3. The highest BCUT2D eigenvalue weighted by Gasteiger charge is 2.37. The van der Waals surface area contributed by atoms with Gasteiger partial charge in [-0.15, -0.1) is 0 Å². The molecule has 2 amide bonds. The number of nitrogens with one attached hydrogen (secondary N) is 2. The maximum absolute atomic E-state index is 13.3. The predicted molar refractivity (Wildman–Crippen MR) is 87.4 cm³/mol. The van der Waals surface area contributed by atoms with E-state index in [1.807, 2.05) is 0 Å². The quantitative estimate of drug-likeness (QED) is 0.740. The van der Waals surface area contributed by atoms with Gasteiger partial charge < -0.3 is 10.6 Å². The van der Waals surface area contributed by atoms with Gasteiger partial charge in [0.15, 0.2) is 0 Å². The second-order valence-electron chi connectivity index (χ2n) is 6.72. The molecule has 8 heteroatoms. The Morgan fingerprint density at radius 2 is 1.72 bits per heavy atom. The Labute approximate surface area is 144 Å². The summed E-state index contributed by atoms with van der Waals surface area (Å²) >= 11 is 0. The van der Waals surface area contributed by atoms with E-state index in [9.17, 15) is 22.9 Å². The third-order valence-electron chi connectivity index (χ3n) is 4.28. The number of benzene rings is 1. The van der Waals surface area contributed by atoms with Crippen LogP contribution in [0.5, 0.6) is 0 Å². The van der Waals surface area contributed by atoms with Crippen LogP contribution in [0.1, 0.15) is 34.1 Å². The van der Waals surface area contributed by atoms with Gasteiger partial charge in [0.2, 0.25) is 5.83 Å². The van der Waals surface area contributed by atoms with Crippen molar-refractivity contribution in [1.29, 1.82) is 0 Å². The number of carbonyl (C=O) groups is 2. The molecule has 0 atom stereocenters. The third-order valence-corrected chi connectivity index (χ3v) is 4.28. The summed E-state index contributed by atoms with van der Waals surface area (Å²) < 4.78 is 37.9. The summed E-state index contributed by atoms with van der Waals surface area (Å²) in [7, 11) is 0. The summed E-state index contributed by atoms with van der Waals surface area (Å²) in [5.41, 5.74) is -1.11. The van der Waals surface area contributed by atoms with E-state index in [2.05, 4.69) is 15.6 Å². The van der Waals surface area contributed by atoms with E-state index in [0.717, 1.165) is 6.08 Å². The van der Waals surface area contributed by atoms with Crippen LogP contribution in [0.3, 0.4) is 0 Å². The van der Waals surface area contributed by atoms with Gasteiger partial charge in [-0.25, -0.2) is 18.9 Å². The summed E-state index contributed by atoms with van der Waals surface area (Å²) in [5.74, 6) is -3.47. The summed E-state index contributed by atoms with van der Waals surface area (Å²) in [6, 6.07) is 4.71. The van der Waals surface area contributed by atoms with Crippen molar-refractivity contribution < 1.29 is 27.8 Å². The molecule has 0 spiro atoms. The second kappa shape index (κ2) is 8.04. The number of urea groups is 1. The first-order valence-corrected chi connectivity index (χ1v) is 7.52. The van der Waals surface area contributed by atoms with Gasteiger partial charge in [-0.2, -0.15) is 4.39 Å². The van der Waals surface area contributed by atoms with Gasteiger partial charge in [0.1, 0.15) is 5.82 Å². The topological polar surface area (TPSA) is 67.4 Å². The predicted octanol–water partition coefficient (Wildman–Crippen LogP) is 4.42. The molecule has 138 valence electrons. The minimum atomic E-state index is -1.70. The van der Waals surface area contributed by atoms with Crippen LogP contribution in [0.15, 0.2) is 36.2 Å². The number of halogens is 3. The van der Waals surface area contributed by atoms with Crippen molar-refractivity contribution >= 4 is 17.7 Å². The molecule has 1 rings (SSSR count). The second-order valence-corrected chi connectivity index (χ2v) is 6.72. The zero-order valence-corrected chi connectivity index (χ0v) is 14.5. The molecule has 0 unspecified atom stereocenters. The van der Waals surface area contributed by atoms with Crippen LogP contribution in [0.4, 0.5) is 23.8 Å². The van der Waals surface area contributed by atoms with Crippen molar-refractivity contribution in [2.45, 2.75) is 39.7 Å². The first-order valence-electron chi connectivity index (χ1n) is 7.52. The number of rotatable bonds is 6. The molecule has 0 heterocycles. The van der Waals surface area contributed by atoms with Crippen LogP contribution in [0, 0.1) is 11.2 Å². The molecule has 0 radical (unpaired) electrons. The van der Waals surface area contributed by atoms with Gasteiger partial charge in [-0.3, -0.25) is 0 Å². The third kappa shape index (κ3) is 5.81. The Hall–Kier alpha value is -2.51. The van der Waals surface area contributed by atoms with Crippen LogP contribution in [0.25, 0.3) is 0 Å². The molecule has 0 aliphatic rings. The van der Waals surface area contributed by atoms with Gasteiger partial charge in [0.05, 0.1) is 0 Å². The number of carbonyl (C=O) groups excluding carboxylic acids is 2. The van der Waals surface area contributed by atoms with Crippen molar-refractivity contribution in [2.75, 3.05) is 5.32 Å². The Morgan fingerprint density at radius 1 is 1.16 bits per heavy atom. The van der Waals surface area contributed by atoms with Crippen LogP contribution >= 0.6 is 0 Å². The number of hydrogen-bond donors (Lipinski definition) is 2. The van der Waals surface area contributed by atoms with Gasteiger partial charge in [0.25, 0.3) is 0 Å². The van der Waals surface area contributed by atoms with Crippen LogP contribution < -0.4 is 10.6 Å². The Balaban J connectivity index is 2.75. The minimum Gasteiger partial charge on any atom is -0.332 e. The Bertz CT molecular complexity index is 656. The van der Waals surface area contributed by atoms with E-state index in [1.54, 1.807) is 27.7 Å². The van der Waals surface area contributed by atoms with Gasteiger partial charge in [0, 0.05) is 15.8 Å². The van der Waals surface area contributed by atoms with Crippen LogP contribution in [-0.2, 0) is 9.74 Å². The lowest BCUT2D eigenvalue weighted by molar-refractivity contribution is -0.180. The first-order chi connectivity index (χ1) is 11.5. The monoisotopic (exact) mass is 358 g/mol. The van der Waals surface area contributed by atoms with Crippen molar-refractivity contribution in [1.82, 2.24) is 5.32 Å². The van der Waals surface area contributed by atoms with Crippen molar-refractivity contribution in [3.05, 3.63) is 42.0 Å². The number of amides is 2. The summed E-state index contributed by atoms with van der Waals surface area (Å²) in [6.07, 6.45) is 0.945. The number of allylic oxidation sites excluding steroid dienone is 1. The highest BCUT2D eigenvalue weighted by atomic mass is 19.3. The average Bonchev–Trinajstić information content (AvgIpc) is 2.53. The fourth-order valence-electron chi connectivity index (χ4n) is 1.87. The first kappa shape index (κ1) is 20.5.